The minimum absolute atomic E-state index is 0.0576. The third-order valence-electron chi connectivity index (χ3n) is 2.82. The number of rotatable bonds is 6. The minimum atomic E-state index is -0.655. The maximum Gasteiger partial charge on any atom is 0.349 e. The van der Waals surface area contributed by atoms with Crippen LogP contribution in [-0.2, 0) is 4.79 Å². The van der Waals surface area contributed by atoms with Crippen LogP contribution in [0.2, 0.25) is 10.0 Å². The number of nitrogens with zero attached hydrogens (tertiary/aromatic N) is 1. The Morgan fingerprint density at radius 2 is 1.88 bits per heavy atom. The molecule has 2 aromatic rings. The fourth-order valence-corrected chi connectivity index (χ4v) is 2.19. The van der Waals surface area contributed by atoms with Crippen molar-refractivity contribution in [3.05, 3.63) is 52.0 Å². The second-order valence-electron chi connectivity index (χ2n) is 4.55. The van der Waals surface area contributed by atoms with Crippen LogP contribution in [0.3, 0.4) is 0 Å². The standard InChI is InChI=1S/C17H13Cl2NO4/c1-2-22-15-8-11(9-20)7-14(19)17(15)24-16(21)10-23-13-5-3-12(18)4-6-13/h3-8H,2,10H2,1H3. The Kier molecular flexibility index (Phi) is 6.30. The molecule has 0 aromatic heterocycles. The molecule has 0 amide bonds. The molecule has 5 nitrogen and oxygen atoms in total. The molecule has 24 heavy (non-hydrogen) atoms. The largest absolute Gasteiger partial charge is 0.490 e. The first-order valence-electron chi connectivity index (χ1n) is 6.99. The van der Waals surface area contributed by atoms with Crippen molar-refractivity contribution in [2.75, 3.05) is 13.2 Å². The smallest absolute Gasteiger partial charge is 0.349 e. The van der Waals surface area contributed by atoms with Gasteiger partial charge in [-0.1, -0.05) is 23.2 Å². The van der Waals surface area contributed by atoms with E-state index in [0.717, 1.165) is 0 Å². The molecule has 0 spiro atoms. The number of ether oxygens (including phenoxy) is 3. The summed E-state index contributed by atoms with van der Waals surface area (Å²) in [6, 6.07) is 11.4. The lowest BCUT2D eigenvalue weighted by molar-refractivity contribution is -0.136. The van der Waals surface area contributed by atoms with Crippen molar-refractivity contribution in [2.24, 2.45) is 0 Å². The van der Waals surface area contributed by atoms with Gasteiger partial charge in [-0.25, -0.2) is 4.79 Å². The van der Waals surface area contributed by atoms with E-state index in [9.17, 15) is 4.79 Å². The summed E-state index contributed by atoms with van der Waals surface area (Å²) in [5.74, 6) is 0.105. The van der Waals surface area contributed by atoms with Gasteiger partial charge in [-0.3, -0.25) is 0 Å². The van der Waals surface area contributed by atoms with Gasteiger partial charge in [0.15, 0.2) is 18.1 Å². The Bertz CT molecular complexity index is 769. The number of benzene rings is 2. The summed E-state index contributed by atoms with van der Waals surface area (Å²) < 4.78 is 15.9. The molecule has 0 unspecified atom stereocenters. The van der Waals surface area contributed by atoms with Crippen LogP contribution in [0.1, 0.15) is 12.5 Å². The predicted octanol–water partition coefficient (Wildman–Crippen LogP) is 4.25. The average Bonchev–Trinajstić information content (AvgIpc) is 2.57. The normalized spacial score (nSPS) is 9.92. The zero-order valence-electron chi connectivity index (χ0n) is 12.7. The van der Waals surface area contributed by atoms with Crippen molar-refractivity contribution in [1.82, 2.24) is 0 Å². The van der Waals surface area contributed by atoms with Crippen LogP contribution in [0.25, 0.3) is 0 Å². The maximum absolute atomic E-state index is 12.0. The Hall–Kier alpha value is -2.42. The van der Waals surface area contributed by atoms with Gasteiger partial charge < -0.3 is 14.2 Å². The summed E-state index contributed by atoms with van der Waals surface area (Å²) >= 11 is 11.8. The van der Waals surface area contributed by atoms with E-state index in [1.807, 2.05) is 6.07 Å². The molecule has 0 radical (unpaired) electrons. The molecule has 0 heterocycles. The molecular formula is C17H13Cl2NO4. The fourth-order valence-electron chi connectivity index (χ4n) is 1.81. The van der Waals surface area contributed by atoms with Crippen LogP contribution < -0.4 is 14.2 Å². The first-order chi connectivity index (χ1) is 11.5. The van der Waals surface area contributed by atoms with Crippen LogP contribution >= 0.6 is 23.2 Å². The summed E-state index contributed by atoms with van der Waals surface area (Å²) in [5.41, 5.74) is 0.306. The summed E-state index contributed by atoms with van der Waals surface area (Å²) in [6.07, 6.45) is 0. The molecule has 0 aliphatic rings. The zero-order chi connectivity index (χ0) is 17.5. The lowest BCUT2D eigenvalue weighted by Gasteiger charge is -2.13. The van der Waals surface area contributed by atoms with Crippen LogP contribution in [-0.4, -0.2) is 19.2 Å². The van der Waals surface area contributed by atoms with Crippen molar-refractivity contribution in [3.8, 4) is 23.3 Å². The van der Waals surface area contributed by atoms with Gasteiger partial charge in [-0.15, -0.1) is 0 Å². The summed E-state index contributed by atoms with van der Waals surface area (Å²) in [6.45, 7) is 1.78. The van der Waals surface area contributed by atoms with Crippen molar-refractivity contribution >= 4 is 29.2 Å². The van der Waals surface area contributed by atoms with E-state index in [4.69, 9.17) is 42.7 Å². The molecule has 7 heteroatoms. The Labute approximate surface area is 149 Å². The van der Waals surface area contributed by atoms with E-state index in [-0.39, 0.29) is 23.1 Å². The van der Waals surface area contributed by atoms with Gasteiger partial charge in [0.05, 0.1) is 23.3 Å². The van der Waals surface area contributed by atoms with E-state index < -0.39 is 5.97 Å². The van der Waals surface area contributed by atoms with Gasteiger partial charge >= 0.3 is 5.97 Å². The first kappa shape index (κ1) is 17.9. The SMILES string of the molecule is CCOc1cc(C#N)cc(Cl)c1OC(=O)COc1ccc(Cl)cc1. The van der Waals surface area contributed by atoms with E-state index in [2.05, 4.69) is 0 Å². The molecule has 0 atom stereocenters. The fraction of sp³-hybridized carbons (Fsp3) is 0.176. The molecule has 0 bridgehead atoms. The maximum atomic E-state index is 12.0. The van der Waals surface area contributed by atoms with Crippen molar-refractivity contribution in [2.45, 2.75) is 6.92 Å². The van der Waals surface area contributed by atoms with Gasteiger partial charge in [0, 0.05) is 11.1 Å². The average molecular weight is 366 g/mol. The van der Waals surface area contributed by atoms with E-state index in [0.29, 0.717) is 22.9 Å². The number of esters is 1. The topological polar surface area (TPSA) is 68.5 Å². The van der Waals surface area contributed by atoms with Crippen LogP contribution in [0.15, 0.2) is 36.4 Å². The second kappa shape index (κ2) is 8.44. The number of hydrogen-bond donors (Lipinski definition) is 0. The highest BCUT2D eigenvalue weighted by atomic mass is 35.5. The summed E-state index contributed by atoms with van der Waals surface area (Å²) in [5, 5.41) is 9.63. The molecule has 0 aliphatic carbocycles. The first-order valence-corrected chi connectivity index (χ1v) is 7.74. The van der Waals surface area contributed by atoms with Crippen LogP contribution in [0.4, 0.5) is 0 Å². The zero-order valence-corrected chi connectivity index (χ0v) is 14.2. The predicted molar refractivity (Wildman–Crippen MR) is 89.9 cm³/mol. The highest BCUT2D eigenvalue weighted by Gasteiger charge is 2.17. The highest BCUT2D eigenvalue weighted by molar-refractivity contribution is 6.32. The minimum Gasteiger partial charge on any atom is -0.490 e. The summed E-state index contributed by atoms with van der Waals surface area (Å²) in [4.78, 5) is 12.0. The number of hydrogen-bond acceptors (Lipinski definition) is 5. The van der Waals surface area contributed by atoms with E-state index in [1.54, 1.807) is 31.2 Å². The van der Waals surface area contributed by atoms with Gasteiger partial charge in [0.1, 0.15) is 5.75 Å². The summed E-state index contributed by atoms with van der Waals surface area (Å²) in [7, 11) is 0. The Morgan fingerprint density at radius 3 is 2.50 bits per heavy atom. The quantitative estimate of drug-likeness (QED) is 0.565. The number of carbonyl (C=O) groups is 1. The van der Waals surface area contributed by atoms with Crippen LogP contribution in [0, 0.1) is 11.3 Å². The molecular weight excluding hydrogens is 353 g/mol. The van der Waals surface area contributed by atoms with Gasteiger partial charge in [0.25, 0.3) is 0 Å². The lowest BCUT2D eigenvalue weighted by Crippen LogP contribution is -2.18. The van der Waals surface area contributed by atoms with Gasteiger partial charge in [-0.05, 0) is 37.3 Å². The number of nitriles is 1. The number of carbonyl (C=O) groups excluding carboxylic acids is 1. The Morgan fingerprint density at radius 1 is 1.17 bits per heavy atom. The molecule has 0 aliphatic heterocycles. The van der Waals surface area contributed by atoms with Gasteiger partial charge in [-0.2, -0.15) is 5.26 Å². The monoisotopic (exact) mass is 365 g/mol. The molecule has 2 aromatic carbocycles. The third-order valence-corrected chi connectivity index (χ3v) is 3.36. The molecule has 0 N–H and O–H groups in total. The molecule has 2 rings (SSSR count). The number of halogens is 2. The molecule has 0 saturated carbocycles. The molecule has 0 saturated heterocycles. The third kappa shape index (κ3) is 4.79. The molecule has 0 fully saturated rings. The second-order valence-corrected chi connectivity index (χ2v) is 5.39. The van der Waals surface area contributed by atoms with Crippen molar-refractivity contribution in [3.63, 3.8) is 0 Å². The highest BCUT2D eigenvalue weighted by Crippen LogP contribution is 2.36. The Balaban J connectivity index is 2.07. The van der Waals surface area contributed by atoms with Crippen molar-refractivity contribution in [1.29, 1.82) is 5.26 Å². The van der Waals surface area contributed by atoms with E-state index >= 15 is 0 Å². The van der Waals surface area contributed by atoms with Crippen molar-refractivity contribution < 1.29 is 19.0 Å². The lowest BCUT2D eigenvalue weighted by atomic mass is 10.2. The van der Waals surface area contributed by atoms with E-state index in [1.165, 1.54) is 12.1 Å². The van der Waals surface area contributed by atoms with Gasteiger partial charge in [0.2, 0.25) is 0 Å². The van der Waals surface area contributed by atoms with Crippen LogP contribution in [0.5, 0.6) is 17.2 Å². The molecule has 124 valence electrons.